The highest BCUT2D eigenvalue weighted by molar-refractivity contribution is 9.10. The first kappa shape index (κ1) is 12.5. The monoisotopic (exact) mass is 289 g/mol. The molecule has 1 aromatic rings. The predicted molar refractivity (Wildman–Crippen MR) is 65.9 cm³/mol. The van der Waals surface area contributed by atoms with Gasteiger partial charge in [0.05, 0.1) is 0 Å². The van der Waals surface area contributed by atoms with E-state index in [1.54, 1.807) is 18.9 Å². The molecule has 0 N–H and O–H groups in total. The van der Waals surface area contributed by atoms with E-state index in [2.05, 4.69) is 15.9 Å². The van der Waals surface area contributed by atoms with Crippen LogP contribution >= 0.6 is 27.5 Å². The molecule has 1 rings (SSSR count). The number of hydrogen-bond acceptors (Lipinski definition) is 1. The SMILES string of the molecule is CC(Cl)C(=O)N(C)Cc1ccc(Br)cc1. The van der Waals surface area contributed by atoms with Gasteiger partial charge in [0.2, 0.25) is 5.91 Å². The number of halogens is 2. The van der Waals surface area contributed by atoms with Crippen LogP contribution in [-0.2, 0) is 11.3 Å². The molecule has 0 aliphatic heterocycles. The minimum absolute atomic E-state index is 0.0559. The number of alkyl halides is 1. The Kier molecular flexibility index (Phi) is 4.61. The van der Waals surface area contributed by atoms with Crippen LogP contribution in [0.25, 0.3) is 0 Å². The third-order valence-electron chi connectivity index (χ3n) is 2.05. The molecule has 1 unspecified atom stereocenters. The van der Waals surface area contributed by atoms with Gasteiger partial charge in [0, 0.05) is 18.1 Å². The van der Waals surface area contributed by atoms with Crippen molar-refractivity contribution in [3.8, 4) is 0 Å². The van der Waals surface area contributed by atoms with E-state index in [9.17, 15) is 4.79 Å². The first-order valence-corrected chi connectivity index (χ1v) is 5.87. The number of amides is 1. The van der Waals surface area contributed by atoms with Crippen molar-refractivity contribution in [2.24, 2.45) is 0 Å². The summed E-state index contributed by atoms with van der Waals surface area (Å²) in [7, 11) is 1.75. The van der Waals surface area contributed by atoms with Crippen molar-refractivity contribution < 1.29 is 4.79 Å². The molecule has 15 heavy (non-hydrogen) atoms. The summed E-state index contributed by atoms with van der Waals surface area (Å²) in [5, 5.41) is -0.467. The number of carbonyl (C=O) groups is 1. The molecule has 0 fully saturated rings. The van der Waals surface area contributed by atoms with Gasteiger partial charge in [0.1, 0.15) is 5.38 Å². The molecule has 4 heteroatoms. The molecule has 1 amide bonds. The van der Waals surface area contributed by atoms with Gasteiger partial charge in [-0.05, 0) is 24.6 Å². The number of benzene rings is 1. The van der Waals surface area contributed by atoms with Gasteiger partial charge in [-0.15, -0.1) is 11.6 Å². The molecule has 82 valence electrons. The highest BCUT2D eigenvalue weighted by atomic mass is 79.9. The molecule has 1 atom stereocenters. The second-order valence-corrected chi connectivity index (χ2v) is 5.01. The lowest BCUT2D eigenvalue weighted by Gasteiger charge is -2.18. The Bertz CT molecular complexity index is 337. The zero-order valence-corrected chi connectivity index (χ0v) is 11.0. The van der Waals surface area contributed by atoms with Gasteiger partial charge in [0.15, 0.2) is 0 Å². The van der Waals surface area contributed by atoms with Gasteiger partial charge in [0.25, 0.3) is 0 Å². The van der Waals surface area contributed by atoms with Crippen LogP contribution < -0.4 is 0 Å². The minimum Gasteiger partial charge on any atom is -0.340 e. The summed E-state index contributed by atoms with van der Waals surface area (Å²) in [4.78, 5) is 13.1. The predicted octanol–water partition coefficient (Wildman–Crippen LogP) is 3.03. The summed E-state index contributed by atoms with van der Waals surface area (Å²) >= 11 is 9.08. The maximum absolute atomic E-state index is 11.5. The van der Waals surface area contributed by atoms with E-state index in [1.807, 2.05) is 24.3 Å². The third kappa shape index (κ3) is 3.84. The Morgan fingerprint density at radius 1 is 1.47 bits per heavy atom. The molecule has 0 spiro atoms. The van der Waals surface area contributed by atoms with E-state index in [4.69, 9.17) is 11.6 Å². The molecule has 0 bridgehead atoms. The lowest BCUT2D eigenvalue weighted by molar-refractivity contribution is -0.129. The van der Waals surface area contributed by atoms with Crippen LogP contribution in [0.4, 0.5) is 0 Å². The average Bonchev–Trinajstić information content (AvgIpc) is 2.20. The van der Waals surface area contributed by atoms with Crippen LogP contribution in [0.15, 0.2) is 28.7 Å². The van der Waals surface area contributed by atoms with E-state index in [1.165, 1.54) is 0 Å². The topological polar surface area (TPSA) is 20.3 Å². The molecular formula is C11H13BrClNO. The summed E-state index contributed by atoms with van der Waals surface area (Å²) in [5.74, 6) is -0.0559. The summed E-state index contributed by atoms with van der Waals surface area (Å²) < 4.78 is 1.03. The lowest BCUT2D eigenvalue weighted by Crippen LogP contribution is -2.31. The Labute approximate surface area is 103 Å². The van der Waals surface area contributed by atoms with E-state index < -0.39 is 5.38 Å². The van der Waals surface area contributed by atoms with Crippen LogP contribution in [0, 0.1) is 0 Å². The minimum atomic E-state index is -0.467. The Hall–Kier alpha value is -0.540. The van der Waals surface area contributed by atoms with Crippen molar-refractivity contribution in [3.05, 3.63) is 34.3 Å². The number of rotatable bonds is 3. The smallest absolute Gasteiger partial charge is 0.240 e. The van der Waals surface area contributed by atoms with E-state index in [-0.39, 0.29) is 5.91 Å². The largest absolute Gasteiger partial charge is 0.340 e. The van der Waals surface area contributed by atoms with E-state index >= 15 is 0 Å². The zero-order chi connectivity index (χ0) is 11.4. The highest BCUT2D eigenvalue weighted by Crippen LogP contribution is 2.12. The van der Waals surface area contributed by atoms with E-state index in [0.29, 0.717) is 6.54 Å². The first-order chi connectivity index (χ1) is 7.00. The molecule has 0 saturated heterocycles. The van der Waals surface area contributed by atoms with Gasteiger partial charge in [-0.2, -0.15) is 0 Å². The average molecular weight is 291 g/mol. The van der Waals surface area contributed by atoms with E-state index in [0.717, 1.165) is 10.0 Å². The fraction of sp³-hybridized carbons (Fsp3) is 0.364. The van der Waals surface area contributed by atoms with Gasteiger partial charge in [-0.25, -0.2) is 0 Å². The van der Waals surface area contributed by atoms with Crippen LogP contribution in [-0.4, -0.2) is 23.2 Å². The standard InChI is InChI=1S/C11H13BrClNO/c1-8(13)11(15)14(2)7-9-3-5-10(12)6-4-9/h3-6,8H,7H2,1-2H3. The molecule has 1 aromatic carbocycles. The molecule has 2 nitrogen and oxygen atoms in total. The number of carbonyl (C=O) groups excluding carboxylic acids is 1. The number of nitrogens with zero attached hydrogens (tertiary/aromatic N) is 1. The van der Waals surface area contributed by atoms with Crippen molar-refractivity contribution in [2.75, 3.05) is 7.05 Å². The number of hydrogen-bond donors (Lipinski definition) is 0. The fourth-order valence-corrected chi connectivity index (χ4v) is 1.68. The summed E-state index contributed by atoms with van der Waals surface area (Å²) in [5.41, 5.74) is 1.09. The molecule has 0 saturated carbocycles. The van der Waals surface area contributed by atoms with Crippen molar-refractivity contribution in [2.45, 2.75) is 18.8 Å². The summed E-state index contributed by atoms with van der Waals surface area (Å²) in [6.07, 6.45) is 0. The van der Waals surface area contributed by atoms with Crippen LogP contribution in [0.5, 0.6) is 0 Å². The summed E-state index contributed by atoms with van der Waals surface area (Å²) in [6.45, 7) is 2.27. The second kappa shape index (κ2) is 5.52. The Balaban J connectivity index is 2.62. The van der Waals surface area contributed by atoms with Gasteiger partial charge in [-0.1, -0.05) is 28.1 Å². The van der Waals surface area contributed by atoms with Gasteiger partial charge >= 0.3 is 0 Å². The van der Waals surface area contributed by atoms with Crippen molar-refractivity contribution >= 4 is 33.4 Å². The quantitative estimate of drug-likeness (QED) is 0.784. The molecule has 0 aliphatic carbocycles. The van der Waals surface area contributed by atoms with Crippen LogP contribution in [0.1, 0.15) is 12.5 Å². The Morgan fingerprint density at radius 3 is 2.47 bits per heavy atom. The van der Waals surface area contributed by atoms with Crippen molar-refractivity contribution in [1.29, 1.82) is 0 Å². The zero-order valence-electron chi connectivity index (χ0n) is 8.71. The first-order valence-electron chi connectivity index (χ1n) is 4.64. The van der Waals surface area contributed by atoms with Crippen molar-refractivity contribution in [3.63, 3.8) is 0 Å². The third-order valence-corrected chi connectivity index (χ3v) is 2.76. The molecule has 0 heterocycles. The maximum Gasteiger partial charge on any atom is 0.240 e. The van der Waals surface area contributed by atoms with Gasteiger partial charge in [-0.3, -0.25) is 4.79 Å². The summed E-state index contributed by atoms with van der Waals surface area (Å²) in [6, 6.07) is 7.87. The van der Waals surface area contributed by atoms with Crippen LogP contribution in [0.2, 0.25) is 0 Å². The lowest BCUT2D eigenvalue weighted by atomic mass is 10.2. The normalized spacial score (nSPS) is 12.3. The Morgan fingerprint density at radius 2 is 2.00 bits per heavy atom. The maximum atomic E-state index is 11.5. The molecule has 0 aliphatic rings. The second-order valence-electron chi connectivity index (χ2n) is 3.44. The van der Waals surface area contributed by atoms with Crippen LogP contribution in [0.3, 0.4) is 0 Å². The molecule has 0 aromatic heterocycles. The highest BCUT2D eigenvalue weighted by Gasteiger charge is 2.14. The van der Waals surface area contributed by atoms with Crippen molar-refractivity contribution in [1.82, 2.24) is 4.90 Å². The molecule has 0 radical (unpaired) electrons. The van der Waals surface area contributed by atoms with Gasteiger partial charge < -0.3 is 4.90 Å². The fourth-order valence-electron chi connectivity index (χ4n) is 1.25. The molecular weight excluding hydrogens is 277 g/mol.